The SMILES string of the molecule is CCOC(=O)c1cnn2ccc(NC(=O)c3ccc(OC)cc3)cc12. The number of aromatic nitrogens is 2. The lowest BCUT2D eigenvalue weighted by molar-refractivity contribution is 0.0528. The number of methoxy groups -OCH3 is 1. The third-order valence-corrected chi connectivity index (χ3v) is 3.63. The minimum Gasteiger partial charge on any atom is -0.497 e. The minimum atomic E-state index is -0.448. The molecule has 0 aliphatic rings. The van der Waals surface area contributed by atoms with E-state index in [2.05, 4.69) is 10.4 Å². The van der Waals surface area contributed by atoms with Gasteiger partial charge in [-0.1, -0.05) is 0 Å². The molecule has 0 bridgehead atoms. The third kappa shape index (κ3) is 3.45. The highest BCUT2D eigenvalue weighted by Crippen LogP contribution is 2.18. The predicted octanol–water partition coefficient (Wildman–Crippen LogP) is 2.77. The number of hydrogen-bond donors (Lipinski definition) is 1. The van der Waals surface area contributed by atoms with Crippen LogP contribution in [0.2, 0.25) is 0 Å². The van der Waals surface area contributed by atoms with Crippen molar-refractivity contribution in [2.45, 2.75) is 6.92 Å². The Balaban J connectivity index is 1.84. The molecule has 0 radical (unpaired) electrons. The van der Waals surface area contributed by atoms with E-state index >= 15 is 0 Å². The Kier molecular flexibility index (Phi) is 4.65. The van der Waals surface area contributed by atoms with E-state index in [0.717, 1.165) is 0 Å². The summed E-state index contributed by atoms with van der Waals surface area (Å²) in [6.45, 7) is 2.02. The maximum absolute atomic E-state index is 12.3. The Labute approximate surface area is 144 Å². The fourth-order valence-electron chi connectivity index (χ4n) is 2.37. The van der Waals surface area contributed by atoms with Crippen LogP contribution in [0.3, 0.4) is 0 Å². The number of rotatable bonds is 5. The molecule has 0 aliphatic carbocycles. The van der Waals surface area contributed by atoms with Gasteiger partial charge in [0.05, 0.1) is 25.4 Å². The van der Waals surface area contributed by atoms with Gasteiger partial charge in [-0.2, -0.15) is 5.10 Å². The van der Waals surface area contributed by atoms with Crippen molar-refractivity contribution in [3.05, 3.63) is 59.9 Å². The lowest BCUT2D eigenvalue weighted by Crippen LogP contribution is -2.12. The first-order valence-corrected chi connectivity index (χ1v) is 7.72. The first kappa shape index (κ1) is 16.5. The van der Waals surface area contributed by atoms with Crippen LogP contribution < -0.4 is 10.1 Å². The van der Waals surface area contributed by atoms with Crippen molar-refractivity contribution < 1.29 is 19.1 Å². The molecule has 7 heteroatoms. The summed E-state index contributed by atoms with van der Waals surface area (Å²) in [6, 6.07) is 10.2. The maximum atomic E-state index is 12.3. The molecule has 0 aliphatic heterocycles. The topological polar surface area (TPSA) is 81.9 Å². The molecule has 25 heavy (non-hydrogen) atoms. The second-order valence-electron chi connectivity index (χ2n) is 5.21. The number of carbonyl (C=O) groups excluding carboxylic acids is 2. The molecule has 2 heterocycles. The number of esters is 1. The number of pyridine rings is 1. The zero-order valence-electron chi connectivity index (χ0n) is 13.9. The molecule has 0 unspecified atom stereocenters. The Morgan fingerprint density at radius 2 is 1.96 bits per heavy atom. The minimum absolute atomic E-state index is 0.260. The van der Waals surface area contributed by atoms with Crippen molar-refractivity contribution in [3.8, 4) is 5.75 Å². The van der Waals surface area contributed by atoms with Crippen LogP contribution in [-0.4, -0.2) is 35.2 Å². The molecule has 128 valence electrons. The van der Waals surface area contributed by atoms with E-state index in [9.17, 15) is 9.59 Å². The van der Waals surface area contributed by atoms with Crippen LogP contribution in [-0.2, 0) is 4.74 Å². The molecule has 1 N–H and O–H groups in total. The predicted molar refractivity (Wildman–Crippen MR) is 92.1 cm³/mol. The van der Waals surface area contributed by atoms with Gasteiger partial charge in [0, 0.05) is 17.4 Å². The van der Waals surface area contributed by atoms with Crippen molar-refractivity contribution in [1.82, 2.24) is 9.61 Å². The lowest BCUT2D eigenvalue weighted by Gasteiger charge is -2.07. The van der Waals surface area contributed by atoms with Crippen LogP contribution >= 0.6 is 0 Å². The Bertz CT molecular complexity index is 916. The number of anilines is 1. The first-order valence-electron chi connectivity index (χ1n) is 7.72. The van der Waals surface area contributed by atoms with Crippen LogP contribution in [0.4, 0.5) is 5.69 Å². The van der Waals surface area contributed by atoms with Crippen LogP contribution in [0.15, 0.2) is 48.8 Å². The van der Waals surface area contributed by atoms with Gasteiger partial charge in [0.25, 0.3) is 5.91 Å². The molecule has 0 spiro atoms. The highest BCUT2D eigenvalue weighted by atomic mass is 16.5. The molecular weight excluding hydrogens is 322 g/mol. The molecule has 1 amide bonds. The number of amides is 1. The normalized spacial score (nSPS) is 10.5. The van der Waals surface area contributed by atoms with Crippen molar-refractivity contribution >= 4 is 23.1 Å². The molecule has 3 aromatic rings. The van der Waals surface area contributed by atoms with E-state index in [1.807, 2.05) is 0 Å². The average molecular weight is 339 g/mol. The standard InChI is InChI=1S/C18H17N3O4/c1-3-25-18(23)15-11-19-21-9-8-13(10-16(15)21)20-17(22)12-4-6-14(24-2)7-5-12/h4-11H,3H2,1-2H3,(H,20,22). The van der Waals surface area contributed by atoms with Gasteiger partial charge in [-0.05, 0) is 43.3 Å². The van der Waals surface area contributed by atoms with Crippen molar-refractivity contribution in [3.63, 3.8) is 0 Å². The van der Waals surface area contributed by atoms with Gasteiger partial charge < -0.3 is 14.8 Å². The molecule has 0 saturated heterocycles. The van der Waals surface area contributed by atoms with Crippen molar-refractivity contribution in [2.24, 2.45) is 0 Å². The van der Waals surface area contributed by atoms with Crippen LogP contribution in [0, 0.1) is 0 Å². The number of nitrogens with zero attached hydrogens (tertiary/aromatic N) is 2. The summed E-state index contributed by atoms with van der Waals surface area (Å²) in [5, 5.41) is 6.91. The summed E-state index contributed by atoms with van der Waals surface area (Å²) in [5.74, 6) is -0.0309. The molecule has 2 aromatic heterocycles. The number of carbonyl (C=O) groups is 2. The second kappa shape index (κ2) is 7.04. The third-order valence-electron chi connectivity index (χ3n) is 3.63. The zero-order valence-corrected chi connectivity index (χ0v) is 13.9. The molecule has 7 nitrogen and oxygen atoms in total. The summed E-state index contributed by atoms with van der Waals surface area (Å²) in [4.78, 5) is 24.3. The highest BCUT2D eigenvalue weighted by molar-refractivity contribution is 6.05. The second-order valence-corrected chi connectivity index (χ2v) is 5.21. The van der Waals surface area contributed by atoms with Crippen LogP contribution in [0.5, 0.6) is 5.75 Å². The fourth-order valence-corrected chi connectivity index (χ4v) is 2.37. The number of nitrogens with one attached hydrogen (secondary N) is 1. The number of hydrogen-bond acceptors (Lipinski definition) is 5. The van der Waals surface area contributed by atoms with E-state index in [1.165, 1.54) is 6.20 Å². The average Bonchev–Trinajstić information content (AvgIpc) is 3.05. The maximum Gasteiger partial charge on any atom is 0.341 e. The summed E-state index contributed by atoms with van der Waals surface area (Å²) in [5.41, 5.74) is 1.97. The van der Waals surface area contributed by atoms with Gasteiger partial charge in [0.2, 0.25) is 0 Å². The number of fused-ring (bicyclic) bond motifs is 1. The van der Waals surface area contributed by atoms with Gasteiger partial charge in [-0.15, -0.1) is 0 Å². The van der Waals surface area contributed by atoms with Gasteiger partial charge in [-0.25, -0.2) is 9.31 Å². The van der Waals surface area contributed by atoms with E-state index in [4.69, 9.17) is 9.47 Å². The number of benzene rings is 1. The van der Waals surface area contributed by atoms with E-state index in [1.54, 1.807) is 61.1 Å². The van der Waals surface area contributed by atoms with Crippen LogP contribution in [0.25, 0.3) is 5.52 Å². The molecule has 1 aromatic carbocycles. The fraction of sp³-hybridized carbons (Fsp3) is 0.167. The molecule has 0 atom stereocenters. The largest absolute Gasteiger partial charge is 0.497 e. The zero-order chi connectivity index (χ0) is 17.8. The van der Waals surface area contributed by atoms with E-state index in [-0.39, 0.29) is 12.5 Å². The Morgan fingerprint density at radius 1 is 1.20 bits per heavy atom. The summed E-state index contributed by atoms with van der Waals surface area (Å²) in [6.07, 6.45) is 3.12. The Morgan fingerprint density at radius 3 is 2.64 bits per heavy atom. The molecule has 0 fully saturated rings. The molecule has 3 rings (SSSR count). The van der Waals surface area contributed by atoms with E-state index < -0.39 is 5.97 Å². The monoisotopic (exact) mass is 339 g/mol. The van der Waals surface area contributed by atoms with Gasteiger partial charge in [-0.3, -0.25) is 4.79 Å². The van der Waals surface area contributed by atoms with Gasteiger partial charge in [0.15, 0.2) is 0 Å². The number of ether oxygens (including phenoxy) is 2. The van der Waals surface area contributed by atoms with Crippen molar-refractivity contribution in [2.75, 3.05) is 19.0 Å². The van der Waals surface area contributed by atoms with Crippen molar-refractivity contribution in [1.29, 1.82) is 0 Å². The summed E-state index contributed by atoms with van der Waals surface area (Å²) < 4.78 is 11.6. The van der Waals surface area contributed by atoms with E-state index in [0.29, 0.717) is 28.1 Å². The first-order chi connectivity index (χ1) is 12.1. The molecule has 0 saturated carbocycles. The molecular formula is C18H17N3O4. The lowest BCUT2D eigenvalue weighted by atomic mass is 10.2. The van der Waals surface area contributed by atoms with Gasteiger partial charge in [0.1, 0.15) is 11.3 Å². The van der Waals surface area contributed by atoms with Crippen LogP contribution in [0.1, 0.15) is 27.6 Å². The summed E-state index contributed by atoms with van der Waals surface area (Å²) >= 11 is 0. The Hall–Kier alpha value is -3.35. The summed E-state index contributed by atoms with van der Waals surface area (Å²) in [7, 11) is 1.57. The van der Waals surface area contributed by atoms with Gasteiger partial charge >= 0.3 is 5.97 Å². The smallest absolute Gasteiger partial charge is 0.341 e. The highest BCUT2D eigenvalue weighted by Gasteiger charge is 2.15. The quantitative estimate of drug-likeness (QED) is 0.723.